The van der Waals surface area contributed by atoms with Crippen LogP contribution >= 0.6 is 11.6 Å². The summed E-state index contributed by atoms with van der Waals surface area (Å²) in [7, 11) is 0. The summed E-state index contributed by atoms with van der Waals surface area (Å²) >= 11 is 5.79. The topological polar surface area (TPSA) is 22.1 Å². The lowest BCUT2D eigenvalue weighted by Gasteiger charge is -2.14. The number of ether oxygens (including phenoxy) is 1. The van der Waals surface area contributed by atoms with Gasteiger partial charge in [-0.15, -0.1) is 11.6 Å². The fraction of sp³-hybridized carbons (Fsp3) is 0.545. The highest BCUT2D eigenvalue weighted by Gasteiger charge is 2.07. The van der Waals surface area contributed by atoms with Crippen molar-refractivity contribution in [1.82, 2.24) is 4.98 Å². The summed E-state index contributed by atoms with van der Waals surface area (Å²) in [5.74, 6) is 1.20. The van der Waals surface area contributed by atoms with Gasteiger partial charge in [0, 0.05) is 5.69 Å². The molecule has 0 aliphatic rings. The molecule has 0 aliphatic carbocycles. The van der Waals surface area contributed by atoms with Crippen LogP contribution in [0.25, 0.3) is 0 Å². The Balaban J connectivity index is 2.85. The van der Waals surface area contributed by atoms with Crippen molar-refractivity contribution in [3.05, 3.63) is 23.5 Å². The first-order valence-corrected chi connectivity index (χ1v) is 5.40. The maximum Gasteiger partial charge on any atom is 0.142 e. The summed E-state index contributed by atoms with van der Waals surface area (Å²) < 4.78 is 5.69. The Morgan fingerprint density at radius 1 is 1.50 bits per heavy atom. The van der Waals surface area contributed by atoms with Gasteiger partial charge in [-0.05, 0) is 32.4 Å². The monoisotopic (exact) mass is 213 g/mol. The van der Waals surface area contributed by atoms with Crippen LogP contribution in [0, 0.1) is 6.92 Å². The van der Waals surface area contributed by atoms with Crippen molar-refractivity contribution < 1.29 is 4.74 Å². The largest absolute Gasteiger partial charge is 0.489 e. The number of hydrogen-bond donors (Lipinski definition) is 0. The van der Waals surface area contributed by atoms with E-state index in [9.17, 15) is 0 Å². The third-order valence-electron chi connectivity index (χ3n) is 2.10. The lowest BCUT2D eigenvalue weighted by atomic mass is 10.3. The Morgan fingerprint density at radius 3 is 2.79 bits per heavy atom. The first kappa shape index (κ1) is 11.3. The highest BCUT2D eigenvalue weighted by atomic mass is 35.5. The van der Waals surface area contributed by atoms with Gasteiger partial charge in [-0.3, -0.25) is 4.98 Å². The third kappa shape index (κ3) is 2.88. The second-order valence-electron chi connectivity index (χ2n) is 3.37. The van der Waals surface area contributed by atoms with Crippen molar-refractivity contribution >= 4 is 11.6 Å². The molecule has 1 aromatic heterocycles. The van der Waals surface area contributed by atoms with Crippen molar-refractivity contribution in [2.45, 2.75) is 39.2 Å². The van der Waals surface area contributed by atoms with E-state index >= 15 is 0 Å². The van der Waals surface area contributed by atoms with E-state index in [1.54, 1.807) is 0 Å². The van der Waals surface area contributed by atoms with Crippen LogP contribution in [0.5, 0.6) is 5.75 Å². The van der Waals surface area contributed by atoms with Gasteiger partial charge >= 0.3 is 0 Å². The molecule has 0 aromatic carbocycles. The normalized spacial score (nSPS) is 12.6. The lowest BCUT2D eigenvalue weighted by Crippen LogP contribution is -2.11. The average molecular weight is 214 g/mol. The summed E-state index contributed by atoms with van der Waals surface area (Å²) in [6.07, 6.45) is 1.19. The van der Waals surface area contributed by atoms with Crippen LogP contribution in [0.4, 0.5) is 0 Å². The summed E-state index contributed by atoms with van der Waals surface area (Å²) in [5, 5.41) is 0. The molecule has 0 fully saturated rings. The Bertz CT molecular complexity index is 301. The number of hydrogen-bond acceptors (Lipinski definition) is 2. The average Bonchev–Trinajstić information content (AvgIpc) is 2.20. The maximum atomic E-state index is 5.79. The number of aromatic nitrogens is 1. The quantitative estimate of drug-likeness (QED) is 0.716. The van der Waals surface area contributed by atoms with E-state index in [4.69, 9.17) is 16.3 Å². The predicted octanol–water partition coefficient (Wildman–Crippen LogP) is 3.31. The molecule has 14 heavy (non-hydrogen) atoms. The van der Waals surface area contributed by atoms with E-state index in [2.05, 4.69) is 11.9 Å². The smallest absolute Gasteiger partial charge is 0.142 e. The summed E-state index contributed by atoms with van der Waals surface area (Å²) in [5.41, 5.74) is 1.80. The summed E-state index contributed by atoms with van der Waals surface area (Å²) in [4.78, 5) is 4.32. The van der Waals surface area contributed by atoms with Crippen LogP contribution < -0.4 is 4.74 Å². The number of halogens is 1. The molecule has 1 heterocycles. The molecule has 1 rings (SSSR count). The van der Waals surface area contributed by atoms with E-state index < -0.39 is 0 Å². The molecule has 2 nitrogen and oxygen atoms in total. The molecular weight excluding hydrogens is 198 g/mol. The van der Waals surface area contributed by atoms with E-state index in [1.165, 1.54) is 0 Å². The van der Waals surface area contributed by atoms with E-state index in [0.717, 1.165) is 23.6 Å². The molecule has 0 aliphatic heterocycles. The SMILES string of the molecule is CCC(C)Oc1ccc(C)nc1CCl. The predicted molar refractivity (Wildman–Crippen MR) is 58.9 cm³/mol. The van der Waals surface area contributed by atoms with Crippen LogP contribution in [-0.4, -0.2) is 11.1 Å². The van der Waals surface area contributed by atoms with Crippen molar-refractivity contribution in [1.29, 1.82) is 0 Å². The number of aryl methyl sites for hydroxylation is 1. The lowest BCUT2D eigenvalue weighted by molar-refractivity contribution is 0.214. The minimum Gasteiger partial charge on any atom is -0.489 e. The maximum absolute atomic E-state index is 5.79. The van der Waals surface area contributed by atoms with Gasteiger partial charge < -0.3 is 4.74 Å². The minimum absolute atomic E-state index is 0.210. The van der Waals surface area contributed by atoms with Crippen LogP contribution in [0.15, 0.2) is 12.1 Å². The number of alkyl halides is 1. The standard InChI is InChI=1S/C11H16ClNO/c1-4-9(3)14-11-6-5-8(2)13-10(11)7-12/h5-6,9H,4,7H2,1-3H3. The first-order valence-electron chi connectivity index (χ1n) is 4.86. The minimum atomic E-state index is 0.210. The zero-order chi connectivity index (χ0) is 10.6. The van der Waals surface area contributed by atoms with Gasteiger partial charge in [0.1, 0.15) is 5.75 Å². The molecule has 0 radical (unpaired) electrons. The van der Waals surface area contributed by atoms with Gasteiger partial charge in [0.25, 0.3) is 0 Å². The van der Waals surface area contributed by atoms with E-state index in [-0.39, 0.29) is 6.10 Å². The molecule has 0 bridgehead atoms. The van der Waals surface area contributed by atoms with E-state index in [1.807, 2.05) is 26.0 Å². The second kappa shape index (κ2) is 5.20. The molecule has 78 valence electrons. The van der Waals surface area contributed by atoms with Crippen LogP contribution in [-0.2, 0) is 5.88 Å². The van der Waals surface area contributed by atoms with Crippen LogP contribution in [0.2, 0.25) is 0 Å². The molecular formula is C11H16ClNO. The van der Waals surface area contributed by atoms with Crippen molar-refractivity contribution in [2.24, 2.45) is 0 Å². The molecule has 0 N–H and O–H groups in total. The van der Waals surface area contributed by atoms with Crippen LogP contribution in [0.3, 0.4) is 0 Å². The Morgan fingerprint density at radius 2 is 2.21 bits per heavy atom. The first-order chi connectivity index (χ1) is 6.67. The summed E-state index contributed by atoms with van der Waals surface area (Å²) in [6.45, 7) is 6.08. The van der Waals surface area contributed by atoms with Gasteiger partial charge in [0.15, 0.2) is 0 Å². The van der Waals surface area contributed by atoms with Crippen molar-refractivity contribution in [3.63, 3.8) is 0 Å². The number of nitrogens with zero attached hydrogens (tertiary/aromatic N) is 1. The van der Waals surface area contributed by atoms with Gasteiger partial charge in [-0.25, -0.2) is 0 Å². The molecule has 0 spiro atoms. The number of rotatable bonds is 4. The molecule has 1 unspecified atom stereocenters. The third-order valence-corrected chi connectivity index (χ3v) is 2.35. The van der Waals surface area contributed by atoms with Gasteiger partial charge in [0.05, 0.1) is 17.7 Å². The van der Waals surface area contributed by atoms with Gasteiger partial charge in [-0.1, -0.05) is 6.92 Å². The van der Waals surface area contributed by atoms with Gasteiger partial charge in [-0.2, -0.15) is 0 Å². The molecule has 0 saturated heterocycles. The summed E-state index contributed by atoms with van der Waals surface area (Å²) in [6, 6.07) is 3.87. The highest BCUT2D eigenvalue weighted by Crippen LogP contribution is 2.20. The Hall–Kier alpha value is -0.760. The molecule has 0 amide bonds. The Kier molecular flexibility index (Phi) is 4.21. The zero-order valence-electron chi connectivity index (χ0n) is 8.88. The highest BCUT2D eigenvalue weighted by molar-refractivity contribution is 6.17. The number of pyridine rings is 1. The molecule has 0 saturated carbocycles. The molecule has 1 atom stereocenters. The van der Waals surface area contributed by atoms with Crippen molar-refractivity contribution in [2.75, 3.05) is 0 Å². The van der Waals surface area contributed by atoms with E-state index in [0.29, 0.717) is 5.88 Å². The Labute approximate surface area is 90.3 Å². The fourth-order valence-corrected chi connectivity index (χ4v) is 1.29. The molecule has 3 heteroatoms. The zero-order valence-corrected chi connectivity index (χ0v) is 9.64. The van der Waals surface area contributed by atoms with Crippen molar-refractivity contribution in [3.8, 4) is 5.75 Å². The molecule has 1 aromatic rings. The second-order valence-corrected chi connectivity index (χ2v) is 3.64. The van der Waals surface area contributed by atoms with Gasteiger partial charge in [0.2, 0.25) is 0 Å². The van der Waals surface area contributed by atoms with Crippen LogP contribution in [0.1, 0.15) is 31.7 Å². The fourth-order valence-electron chi connectivity index (χ4n) is 1.10.